The van der Waals surface area contributed by atoms with E-state index in [4.69, 9.17) is 21.9 Å². The molecule has 1 saturated carbocycles. The van der Waals surface area contributed by atoms with Crippen molar-refractivity contribution >= 4 is 5.91 Å². The monoisotopic (exact) mass is 394 g/mol. The first-order chi connectivity index (χ1) is 13.3. The number of allylic oxidation sites excluding steroid dienone is 1. The molecule has 2 fully saturated rings. The fraction of sp³-hybridized carbons (Fsp3) is 0.750. The molecular formula is C20H38N6O2. The van der Waals surface area contributed by atoms with Crippen molar-refractivity contribution in [1.82, 2.24) is 15.5 Å². The molecule has 8 nitrogen and oxygen atoms in total. The van der Waals surface area contributed by atoms with Gasteiger partial charge in [0.05, 0.1) is 17.8 Å². The van der Waals surface area contributed by atoms with Gasteiger partial charge in [0, 0.05) is 38.0 Å². The Hall–Kier alpha value is -1.77. The first-order valence-corrected chi connectivity index (χ1v) is 10.4. The molecule has 8 heteroatoms. The molecule has 2 rings (SSSR count). The lowest BCUT2D eigenvalue weighted by Gasteiger charge is -2.41. The van der Waals surface area contributed by atoms with E-state index >= 15 is 0 Å². The average Bonchev–Trinajstić information content (AvgIpc) is 2.66. The Bertz CT molecular complexity index is 579. The van der Waals surface area contributed by atoms with E-state index in [2.05, 4.69) is 10.6 Å². The summed E-state index contributed by atoms with van der Waals surface area (Å²) in [5, 5.41) is 6.48. The molecule has 1 amide bonds. The molecular weight excluding hydrogens is 356 g/mol. The van der Waals surface area contributed by atoms with Crippen LogP contribution < -0.4 is 27.8 Å². The molecule has 1 aliphatic carbocycles. The van der Waals surface area contributed by atoms with Crippen LogP contribution in [0.4, 0.5) is 0 Å². The fourth-order valence-electron chi connectivity index (χ4n) is 4.08. The number of methoxy groups -OCH3 is 1. The zero-order valence-corrected chi connectivity index (χ0v) is 17.5. The average molecular weight is 395 g/mol. The molecule has 3 atom stereocenters. The first kappa shape index (κ1) is 22.5. The molecule has 2 unspecified atom stereocenters. The van der Waals surface area contributed by atoms with Crippen LogP contribution >= 0.6 is 0 Å². The molecule has 0 bridgehead atoms. The van der Waals surface area contributed by atoms with E-state index in [1.807, 2.05) is 4.90 Å². The predicted octanol–water partition coefficient (Wildman–Crippen LogP) is 0.452. The smallest absolute Gasteiger partial charge is 0.256 e. The summed E-state index contributed by atoms with van der Waals surface area (Å²) in [7, 11) is 1.73. The Balaban J connectivity index is 2.11. The van der Waals surface area contributed by atoms with Crippen LogP contribution in [0.2, 0.25) is 0 Å². The van der Waals surface area contributed by atoms with E-state index in [1.165, 1.54) is 32.1 Å². The standard InChI is InChI=1S/C20H38N6O2/c1-13(21)11-16(20(27)24-14(2)22)19(23)26-10-9-17(18(12-26)28-3)25-15-7-5-4-6-8-15/h11,14-15,17-18,25H,4-10,12,21-23H2,1-3H3,(H,24,27)/b13-11-,19-16-/t14?,17?,18-/m0/s1. The Morgan fingerprint density at radius 2 is 1.89 bits per heavy atom. The number of hydrogen-bond acceptors (Lipinski definition) is 7. The van der Waals surface area contributed by atoms with Crippen molar-refractivity contribution in [1.29, 1.82) is 0 Å². The van der Waals surface area contributed by atoms with Gasteiger partial charge in [0.25, 0.3) is 5.91 Å². The molecule has 160 valence electrons. The van der Waals surface area contributed by atoms with Crippen molar-refractivity contribution in [2.75, 3.05) is 20.2 Å². The van der Waals surface area contributed by atoms with E-state index in [0.29, 0.717) is 35.7 Å². The minimum absolute atomic E-state index is 0.00919. The van der Waals surface area contributed by atoms with Crippen molar-refractivity contribution in [2.45, 2.75) is 76.7 Å². The van der Waals surface area contributed by atoms with E-state index < -0.39 is 6.17 Å². The van der Waals surface area contributed by atoms with E-state index in [0.717, 1.165) is 13.0 Å². The van der Waals surface area contributed by atoms with Crippen LogP contribution in [0, 0.1) is 0 Å². The summed E-state index contributed by atoms with van der Waals surface area (Å²) in [4.78, 5) is 14.6. The summed E-state index contributed by atoms with van der Waals surface area (Å²) < 4.78 is 5.77. The predicted molar refractivity (Wildman–Crippen MR) is 112 cm³/mol. The number of carbonyl (C=O) groups excluding carboxylic acids is 1. The maximum atomic E-state index is 12.6. The first-order valence-electron chi connectivity index (χ1n) is 10.4. The second kappa shape index (κ2) is 10.7. The number of carbonyl (C=O) groups is 1. The van der Waals surface area contributed by atoms with Crippen molar-refractivity contribution in [3.05, 3.63) is 23.2 Å². The van der Waals surface area contributed by atoms with Crippen LogP contribution in [0.5, 0.6) is 0 Å². The highest BCUT2D eigenvalue weighted by molar-refractivity contribution is 5.97. The van der Waals surface area contributed by atoms with Gasteiger partial charge in [-0.05, 0) is 39.2 Å². The molecule has 8 N–H and O–H groups in total. The molecule has 2 aliphatic rings. The zero-order valence-electron chi connectivity index (χ0n) is 17.5. The number of nitrogens with two attached hydrogens (primary N) is 3. The zero-order chi connectivity index (χ0) is 20.7. The summed E-state index contributed by atoms with van der Waals surface area (Å²) in [6.07, 6.45) is 8.45. The lowest BCUT2D eigenvalue weighted by molar-refractivity contribution is -0.117. The highest BCUT2D eigenvalue weighted by Crippen LogP contribution is 2.23. The molecule has 1 heterocycles. The van der Waals surface area contributed by atoms with Gasteiger partial charge in [-0.2, -0.15) is 0 Å². The van der Waals surface area contributed by atoms with E-state index in [1.54, 1.807) is 27.0 Å². The van der Waals surface area contributed by atoms with Crippen LogP contribution in [0.15, 0.2) is 23.2 Å². The van der Waals surface area contributed by atoms with E-state index in [9.17, 15) is 4.79 Å². The van der Waals surface area contributed by atoms with E-state index in [-0.39, 0.29) is 12.0 Å². The van der Waals surface area contributed by atoms with Crippen molar-refractivity contribution in [3.63, 3.8) is 0 Å². The largest absolute Gasteiger partial charge is 0.402 e. The molecule has 28 heavy (non-hydrogen) atoms. The Labute approximate surface area is 168 Å². The van der Waals surface area contributed by atoms with Gasteiger partial charge in [-0.1, -0.05) is 19.3 Å². The summed E-state index contributed by atoms with van der Waals surface area (Å²) >= 11 is 0. The molecule has 0 spiro atoms. The highest BCUT2D eigenvalue weighted by atomic mass is 16.5. The van der Waals surface area contributed by atoms with Gasteiger partial charge in [0.15, 0.2) is 0 Å². The number of likely N-dealkylation sites (tertiary alicyclic amines) is 1. The number of nitrogens with zero attached hydrogens (tertiary/aromatic N) is 1. The SMILES string of the molecule is CO[C@H]1CN(/C(N)=C(/C=C(/C)N)C(=O)NC(C)N)CCC1NC1CCCCC1. The summed E-state index contributed by atoms with van der Waals surface area (Å²) in [6, 6.07) is 0.872. The van der Waals surface area contributed by atoms with Gasteiger partial charge in [-0.15, -0.1) is 0 Å². The molecule has 0 aromatic carbocycles. The van der Waals surface area contributed by atoms with Gasteiger partial charge in [0.2, 0.25) is 0 Å². The van der Waals surface area contributed by atoms with Gasteiger partial charge in [-0.25, -0.2) is 0 Å². The topological polar surface area (TPSA) is 132 Å². The van der Waals surface area contributed by atoms with Crippen LogP contribution in [0.1, 0.15) is 52.4 Å². The third-order valence-corrected chi connectivity index (χ3v) is 5.51. The van der Waals surface area contributed by atoms with Crippen molar-refractivity contribution in [2.24, 2.45) is 17.2 Å². The maximum absolute atomic E-state index is 12.6. The number of rotatable bonds is 7. The van der Waals surface area contributed by atoms with Crippen LogP contribution in [0.3, 0.4) is 0 Å². The second-order valence-corrected chi connectivity index (χ2v) is 8.07. The number of nitrogens with one attached hydrogen (secondary N) is 2. The summed E-state index contributed by atoms with van der Waals surface area (Å²) in [6.45, 7) is 4.81. The lowest BCUT2D eigenvalue weighted by atomic mass is 9.92. The molecule has 0 aromatic heterocycles. The Kier molecular flexibility index (Phi) is 8.59. The minimum Gasteiger partial charge on any atom is -0.402 e. The van der Waals surface area contributed by atoms with Crippen molar-refractivity contribution < 1.29 is 9.53 Å². The number of amides is 1. The molecule has 1 saturated heterocycles. The highest BCUT2D eigenvalue weighted by Gasteiger charge is 2.32. The Morgan fingerprint density at radius 1 is 1.21 bits per heavy atom. The summed E-state index contributed by atoms with van der Waals surface area (Å²) in [5.41, 5.74) is 18.8. The normalized spacial score (nSPS) is 26.6. The van der Waals surface area contributed by atoms with Gasteiger partial charge in [0.1, 0.15) is 5.82 Å². The third-order valence-electron chi connectivity index (χ3n) is 5.51. The minimum atomic E-state index is -0.473. The van der Waals surface area contributed by atoms with Crippen molar-refractivity contribution in [3.8, 4) is 0 Å². The molecule has 0 radical (unpaired) electrons. The van der Waals surface area contributed by atoms with Crippen LogP contribution in [-0.4, -0.2) is 55.4 Å². The number of ether oxygens (including phenoxy) is 1. The van der Waals surface area contributed by atoms with Gasteiger partial charge >= 0.3 is 0 Å². The number of piperidine rings is 1. The van der Waals surface area contributed by atoms with Gasteiger partial charge < -0.3 is 37.5 Å². The lowest BCUT2D eigenvalue weighted by Crippen LogP contribution is -2.56. The van der Waals surface area contributed by atoms with Crippen LogP contribution in [-0.2, 0) is 9.53 Å². The maximum Gasteiger partial charge on any atom is 0.256 e. The van der Waals surface area contributed by atoms with Crippen LogP contribution in [0.25, 0.3) is 0 Å². The second-order valence-electron chi connectivity index (χ2n) is 8.07. The fourth-order valence-corrected chi connectivity index (χ4v) is 4.08. The molecule has 0 aromatic rings. The quantitative estimate of drug-likeness (QED) is 0.241. The molecule has 1 aliphatic heterocycles. The Morgan fingerprint density at radius 3 is 2.46 bits per heavy atom. The third kappa shape index (κ3) is 6.39. The van der Waals surface area contributed by atoms with Gasteiger partial charge in [-0.3, -0.25) is 4.79 Å². The summed E-state index contributed by atoms with van der Waals surface area (Å²) in [5.74, 6) is 0.0786. The number of hydrogen-bond donors (Lipinski definition) is 5.